The van der Waals surface area contributed by atoms with Crippen molar-refractivity contribution in [3.05, 3.63) is 57.6 Å². The molecule has 2 aromatic rings. The number of nitrogen functional groups attached to an aromatic ring is 1. The number of halogens is 4. The first-order valence-corrected chi connectivity index (χ1v) is 14.3. The summed E-state index contributed by atoms with van der Waals surface area (Å²) in [5.74, 6) is -2.09. The fourth-order valence-corrected chi connectivity index (χ4v) is 6.47. The number of amides is 4. The molecule has 1 saturated heterocycles. The molecule has 0 aliphatic carbocycles. The minimum atomic E-state index is -4.64. The largest absolute Gasteiger partial charge is 0.406 e. The van der Waals surface area contributed by atoms with E-state index in [0.29, 0.717) is 54.9 Å². The van der Waals surface area contributed by atoms with Gasteiger partial charge >= 0.3 is 12.2 Å². The number of nitrogens with zero attached hydrogens (tertiary/aromatic N) is 3. The summed E-state index contributed by atoms with van der Waals surface area (Å²) in [6.45, 7) is -0.509. The smallest absolute Gasteiger partial charge is 0.397 e. The SMILES string of the molecule is Nc1c(Cl)cc2c(c1C=[NH2+])CN(CC(F)(F)F)C(=O)[C@H](CC(=O)N1CCC(N3CCc4ccccc4NC3=O)CC1)C2. The third kappa shape index (κ3) is 6.18. The molecule has 1 atom stereocenters. The van der Waals surface area contributed by atoms with Crippen LogP contribution in [0.15, 0.2) is 30.3 Å². The van der Waals surface area contributed by atoms with Gasteiger partial charge in [0.1, 0.15) is 6.54 Å². The van der Waals surface area contributed by atoms with E-state index in [1.54, 1.807) is 4.90 Å². The summed E-state index contributed by atoms with van der Waals surface area (Å²) >= 11 is 6.28. The van der Waals surface area contributed by atoms with Crippen LogP contribution in [0.3, 0.4) is 0 Å². The molecular formula is C29H33ClF3N6O3+. The van der Waals surface area contributed by atoms with Crippen molar-refractivity contribution in [2.45, 2.75) is 50.9 Å². The van der Waals surface area contributed by atoms with Crippen molar-refractivity contribution >= 4 is 47.0 Å². The lowest BCUT2D eigenvalue weighted by atomic mass is 9.91. The molecule has 3 heterocycles. The third-order valence-corrected chi connectivity index (χ3v) is 8.71. The molecule has 224 valence electrons. The molecular weight excluding hydrogens is 573 g/mol. The van der Waals surface area contributed by atoms with E-state index < -0.39 is 24.5 Å². The van der Waals surface area contributed by atoms with E-state index in [9.17, 15) is 27.6 Å². The first kappa shape index (κ1) is 29.7. The number of piperidine rings is 1. The number of likely N-dealkylation sites (tertiary alicyclic amines) is 1. The number of hydrogen-bond donors (Lipinski definition) is 3. The van der Waals surface area contributed by atoms with Crippen molar-refractivity contribution in [1.29, 1.82) is 0 Å². The second-order valence-electron chi connectivity index (χ2n) is 11.0. The van der Waals surface area contributed by atoms with Crippen molar-refractivity contribution in [2.24, 2.45) is 5.92 Å². The fraction of sp³-hybridized carbons (Fsp3) is 0.448. The standard InChI is InChI=1S/C29H32ClF3N6O3/c30-23-12-18-11-19(27(41)38(16-29(31,32)33)15-22(18)21(14-34)26(23)35)13-25(40)37-8-6-20(7-9-37)39-10-5-17-3-1-2-4-24(17)36-28(39)42/h1-4,12,14,19-20,34H,5-11,13,15-16,35H2,(H,36,42)/p+1/t19-/m0/s1. The van der Waals surface area contributed by atoms with Crippen LogP contribution in [0.4, 0.5) is 29.3 Å². The van der Waals surface area contributed by atoms with Gasteiger partial charge in [-0.05, 0) is 54.5 Å². The normalized spacial score (nSPS) is 19.9. The van der Waals surface area contributed by atoms with Gasteiger partial charge in [0.2, 0.25) is 11.8 Å². The molecule has 0 bridgehead atoms. The van der Waals surface area contributed by atoms with Crippen molar-refractivity contribution < 1.29 is 33.0 Å². The fourth-order valence-electron chi connectivity index (χ4n) is 6.24. The van der Waals surface area contributed by atoms with Crippen LogP contribution in [0.1, 0.15) is 41.5 Å². The van der Waals surface area contributed by atoms with Crippen LogP contribution < -0.4 is 16.5 Å². The number of nitrogens with two attached hydrogens (primary N) is 2. The maximum absolute atomic E-state index is 13.5. The lowest BCUT2D eigenvalue weighted by molar-refractivity contribution is -0.165. The number of anilines is 2. The molecule has 0 radical (unpaired) electrons. The zero-order chi connectivity index (χ0) is 30.2. The van der Waals surface area contributed by atoms with Gasteiger partial charge < -0.3 is 25.8 Å². The van der Waals surface area contributed by atoms with Crippen molar-refractivity contribution in [1.82, 2.24) is 14.7 Å². The van der Waals surface area contributed by atoms with Gasteiger partial charge in [-0.3, -0.25) is 15.0 Å². The van der Waals surface area contributed by atoms with Crippen LogP contribution in [0.2, 0.25) is 5.02 Å². The van der Waals surface area contributed by atoms with Crippen LogP contribution in [0, 0.1) is 5.92 Å². The predicted octanol–water partition coefficient (Wildman–Crippen LogP) is 2.63. The number of para-hydroxylation sites is 1. The average molecular weight is 606 g/mol. The Kier molecular flexibility index (Phi) is 8.36. The molecule has 1 fully saturated rings. The number of carbonyl (C=O) groups is 3. The molecule has 5 N–H and O–H groups in total. The lowest BCUT2D eigenvalue weighted by Gasteiger charge is -2.38. The Morgan fingerprint density at radius 1 is 1.14 bits per heavy atom. The number of urea groups is 1. The van der Waals surface area contributed by atoms with Gasteiger partial charge in [-0.15, -0.1) is 0 Å². The van der Waals surface area contributed by atoms with Crippen molar-refractivity contribution in [2.75, 3.05) is 37.2 Å². The Bertz CT molecular complexity index is 1410. The number of nitrogens with one attached hydrogen (secondary N) is 1. The van der Waals surface area contributed by atoms with E-state index in [0.717, 1.165) is 11.3 Å². The summed E-state index contributed by atoms with van der Waals surface area (Å²) in [4.78, 5) is 43.9. The molecule has 4 amide bonds. The highest BCUT2D eigenvalue weighted by atomic mass is 35.5. The molecule has 5 rings (SSSR count). The Hall–Kier alpha value is -3.80. The van der Waals surface area contributed by atoms with Crippen LogP contribution in [0.5, 0.6) is 0 Å². The van der Waals surface area contributed by atoms with Crippen molar-refractivity contribution in [3.63, 3.8) is 0 Å². The average Bonchev–Trinajstić information content (AvgIpc) is 3.18. The summed E-state index contributed by atoms with van der Waals surface area (Å²) in [5, 5.41) is 8.89. The number of rotatable bonds is 5. The summed E-state index contributed by atoms with van der Waals surface area (Å²) in [7, 11) is 0. The highest BCUT2D eigenvalue weighted by Gasteiger charge is 2.40. The number of benzene rings is 2. The molecule has 13 heteroatoms. The van der Waals surface area contributed by atoms with E-state index in [-0.39, 0.29) is 53.6 Å². The number of hydrogen-bond acceptors (Lipinski definition) is 4. The van der Waals surface area contributed by atoms with Crippen LogP contribution in [-0.2, 0) is 29.0 Å². The van der Waals surface area contributed by atoms with Gasteiger partial charge in [0.15, 0.2) is 6.21 Å². The molecule has 3 aliphatic rings. The van der Waals surface area contributed by atoms with E-state index in [4.69, 9.17) is 22.7 Å². The maximum Gasteiger partial charge on any atom is 0.406 e. The third-order valence-electron chi connectivity index (χ3n) is 8.40. The Morgan fingerprint density at radius 3 is 2.55 bits per heavy atom. The van der Waals surface area contributed by atoms with Gasteiger partial charge in [-0.2, -0.15) is 13.2 Å². The molecule has 9 nitrogen and oxygen atoms in total. The summed E-state index contributed by atoms with van der Waals surface area (Å²) < 4.78 is 40.4. The van der Waals surface area contributed by atoms with Gasteiger partial charge in [-0.25, -0.2) is 4.79 Å². The predicted molar refractivity (Wildman–Crippen MR) is 152 cm³/mol. The topological polar surface area (TPSA) is 125 Å². The lowest BCUT2D eigenvalue weighted by Crippen LogP contribution is -2.50. The highest BCUT2D eigenvalue weighted by molar-refractivity contribution is 6.33. The summed E-state index contributed by atoms with van der Waals surface area (Å²) in [5.41, 5.74) is 9.23. The van der Waals surface area contributed by atoms with E-state index in [2.05, 4.69) is 5.32 Å². The van der Waals surface area contributed by atoms with Crippen LogP contribution in [-0.4, -0.2) is 77.2 Å². The van der Waals surface area contributed by atoms with Gasteiger partial charge in [0.25, 0.3) is 0 Å². The van der Waals surface area contributed by atoms with Crippen LogP contribution in [0.25, 0.3) is 0 Å². The monoisotopic (exact) mass is 605 g/mol. The molecule has 42 heavy (non-hydrogen) atoms. The second-order valence-corrected chi connectivity index (χ2v) is 11.5. The molecule has 0 aromatic heterocycles. The molecule has 0 saturated carbocycles. The van der Waals surface area contributed by atoms with Gasteiger partial charge in [0.05, 0.1) is 22.2 Å². The van der Waals surface area contributed by atoms with E-state index >= 15 is 0 Å². The first-order valence-electron chi connectivity index (χ1n) is 13.9. The molecule has 0 unspecified atom stereocenters. The molecule has 2 aromatic carbocycles. The Labute approximate surface area is 246 Å². The zero-order valence-corrected chi connectivity index (χ0v) is 23.7. The Balaban J connectivity index is 1.28. The number of carbonyl (C=O) groups excluding carboxylic acids is 3. The zero-order valence-electron chi connectivity index (χ0n) is 22.9. The minimum absolute atomic E-state index is 0.0279. The first-order chi connectivity index (χ1) is 19.9. The molecule has 0 spiro atoms. The number of fused-ring (bicyclic) bond motifs is 2. The molecule has 3 aliphatic heterocycles. The van der Waals surface area contributed by atoms with Crippen molar-refractivity contribution in [3.8, 4) is 0 Å². The second kappa shape index (κ2) is 11.8. The maximum atomic E-state index is 13.5. The summed E-state index contributed by atoms with van der Waals surface area (Å²) in [6, 6.07) is 8.97. The van der Waals surface area contributed by atoms with Crippen LogP contribution >= 0.6 is 11.6 Å². The van der Waals surface area contributed by atoms with E-state index in [1.807, 2.05) is 29.2 Å². The number of alkyl halides is 3. The minimum Gasteiger partial charge on any atom is -0.397 e. The van der Waals surface area contributed by atoms with Gasteiger partial charge in [0, 0.05) is 44.3 Å². The van der Waals surface area contributed by atoms with Gasteiger partial charge in [-0.1, -0.05) is 29.8 Å². The summed E-state index contributed by atoms with van der Waals surface area (Å²) in [6.07, 6.45) is -1.85. The van der Waals surface area contributed by atoms with E-state index in [1.165, 1.54) is 12.3 Å². The highest BCUT2D eigenvalue weighted by Crippen LogP contribution is 2.35. The quantitative estimate of drug-likeness (QED) is 0.358. The Morgan fingerprint density at radius 2 is 1.86 bits per heavy atom.